The Morgan fingerprint density at radius 3 is 1.51 bits per heavy atom. The van der Waals surface area contributed by atoms with Crippen molar-refractivity contribution in [3.63, 3.8) is 0 Å². The van der Waals surface area contributed by atoms with Gasteiger partial charge in [-0.15, -0.1) is 0 Å². The molecule has 2 heterocycles. The van der Waals surface area contributed by atoms with E-state index in [0.29, 0.717) is 0 Å². The van der Waals surface area contributed by atoms with Crippen LogP contribution in [0.1, 0.15) is 69.5 Å². The van der Waals surface area contributed by atoms with Crippen LogP contribution in [0.3, 0.4) is 0 Å². The number of benzene rings is 3. The van der Waals surface area contributed by atoms with Gasteiger partial charge in [0, 0.05) is 145 Å². The first-order valence-electron chi connectivity index (χ1n) is 13.0. The molecule has 0 atom stereocenters. The smallest absolute Gasteiger partial charge is 0.207 e. The van der Waals surface area contributed by atoms with Gasteiger partial charge in [0.25, 0.3) is 0 Å². The van der Waals surface area contributed by atoms with Crippen LogP contribution < -0.4 is 15.1 Å². The van der Waals surface area contributed by atoms with Crippen LogP contribution in [0.5, 0.6) is 5.75 Å². The van der Waals surface area contributed by atoms with Gasteiger partial charge in [-0.2, -0.15) is 0 Å². The van der Waals surface area contributed by atoms with E-state index in [0.717, 1.165) is 25.1 Å². The van der Waals surface area contributed by atoms with Crippen molar-refractivity contribution in [1.29, 1.82) is 0 Å². The van der Waals surface area contributed by atoms with Gasteiger partial charge in [0.15, 0.2) is 0 Å². The summed E-state index contributed by atoms with van der Waals surface area (Å²) < 4.78 is 5.51. The SMILES string of the molecule is C.C=C1CCc2cc(C)c(C)cc2N1C.Cc1cc(C)c(C)cc1C.Cc1cc(C)c2c(c1C)[B]CO2.[W].[W].[W].[W].[W].[W]. The Morgan fingerprint density at radius 1 is 0.605 bits per heavy atom. The van der Waals surface area contributed by atoms with Crippen LogP contribution in [0, 0.1) is 62.3 Å². The molecule has 233 valence electrons. The minimum atomic E-state index is 0. The van der Waals surface area contributed by atoms with Gasteiger partial charge in [0.05, 0.1) is 6.51 Å². The summed E-state index contributed by atoms with van der Waals surface area (Å²) in [5.41, 5.74) is 17.6. The molecule has 0 saturated heterocycles. The molecule has 0 spiro atoms. The Morgan fingerprint density at radius 2 is 1.02 bits per heavy atom. The molecule has 43 heavy (non-hydrogen) atoms. The summed E-state index contributed by atoms with van der Waals surface area (Å²) in [7, 11) is 4.26. The molecule has 0 fully saturated rings. The van der Waals surface area contributed by atoms with Crippen molar-refractivity contribution in [1.82, 2.24) is 0 Å². The van der Waals surface area contributed by atoms with Crippen LogP contribution in [0.4, 0.5) is 5.69 Å². The van der Waals surface area contributed by atoms with Crippen LogP contribution in [0.2, 0.25) is 0 Å². The zero-order valence-electron chi connectivity index (χ0n) is 26.6. The number of ether oxygens (including phenoxy) is 1. The topological polar surface area (TPSA) is 12.5 Å². The predicted molar refractivity (Wildman–Crippen MR) is 165 cm³/mol. The van der Waals surface area contributed by atoms with Gasteiger partial charge in [-0.3, -0.25) is 0 Å². The molecule has 3 aromatic rings. The maximum absolute atomic E-state index is 5.51. The molecule has 0 amide bonds. The summed E-state index contributed by atoms with van der Waals surface area (Å²) in [4.78, 5) is 2.21. The first-order valence-corrected chi connectivity index (χ1v) is 13.0. The Balaban J connectivity index is -0.000000157. The first kappa shape index (κ1) is 53.7. The summed E-state index contributed by atoms with van der Waals surface area (Å²) in [5.74, 6) is 1.08. The van der Waals surface area contributed by atoms with Crippen molar-refractivity contribution in [2.75, 3.05) is 18.5 Å². The van der Waals surface area contributed by atoms with Crippen molar-refractivity contribution in [2.45, 2.75) is 82.6 Å². The fraction of sp³-hybridized carbons (Fsp3) is 0.412. The second-order valence-corrected chi connectivity index (χ2v) is 10.6. The predicted octanol–water partition coefficient (Wildman–Crippen LogP) is 8.03. The van der Waals surface area contributed by atoms with E-state index < -0.39 is 0 Å². The number of aryl methyl sites for hydroxylation is 9. The fourth-order valence-corrected chi connectivity index (χ4v) is 4.83. The van der Waals surface area contributed by atoms with Gasteiger partial charge in [-0.25, -0.2) is 0 Å². The van der Waals surface area contributed by atoms with Gasteiger partial charge in [0.2, 0.25) is 7.28 Å². The second kappa shape index (κ2) is 24.4. The third-order valence-corrected chi connectivity index (χ3v) is 7.87. The van der Waals surface area contributed by atoms with E-state index in [2.05, 4.69) is 118 Å². The van der Waals surface area contributed by atoms with Crippen molar-refractivity contribution < 1.29 is 131 Å². The maximum atomic E-state index is 5.51. The Labute approximate surface area is 350 Å². The molecule has 9 heteroatoms. The summed E-state index contributed by atoms with van der Waals surface area (Å²) in [6, 6.07) is 11.3. The minimum absolute atomic E-state index is 0. The fourth-order valence-electron chi connectivity index (χ4n) is 4.83. The summed E-state index contributed by atoms with van der Waals surface area (Å²) >= 11 is 0. The van der Waals surface area contributed by atoms with E-state index in [4.69, 9.17) is 4.74 Å². The molecule has 2 aliphatic heterocycles. The van der Waals surface area contributed by atoms with E-state index in [9.17, 15) is 0 Å². The molecule has 0 saturated carbocycles. The molecule has 0 unspecified atom stereocenters. The normalized spacial score (nSPS) is 11.2. The zero-order valence-corrected chi connectivity index (χ0v) is 44.2. The summed E-state index contributed by atoms with van der Waals surface area (Å²) in [6.07, 6.45) is 2.23. The largest absolute Gasteiger partial charge is 0.503 e. The molecule has 0 aromatic heterocycles. The number of nitrogens with zero attached hydrogens (tertiary/aromatic N) is 1. The third kappa shape index (κ3) is 14.1. The Bertz CT molecular complexity index is 1260. The van der Waals surface area contributed by atoms with E-state index in [-0.39, 0.29) is 134 Å². The van der Waals surface area contributed by atoms with Crippen LogP contribution in [-0.2, 0) is 133 Å². The zero-order chi connectivity index (χ0) is 26.7. The first-order chi connectivity index (χ1) is 16.9. The van der Waals surface area contributed by atoms with Crippen molar-refractivity contribution in [3.8, 4) is 5.75 Å². The molecule has 3 aromatic carbocycles. The number of hydrogen-bond donors (Lipinski definition) is 0. The van der Waals surface area contributed by atoms with Crippen LogP contribution in [0.15, 0.2) is 42.6 Å². The molecular formula is C34H47BNOW6. The Hall–Kier alpha value is 1.19. The molecule has 0 bridgehead atoms. The summed E-state index contributed by atoms with van der Waals surface area (Å²) in [5, 5.41) is 0. The van der Waals surface area contributed by atoms with E-state index in [1.165, 1.54) is 72.5 Å². The number of anilines is 1. The molecular weight excluding hydrogens is 1550 g/mol. The third-order valence-electron chi connectivity index (χ3n) is 7.87. The standard InChI is InChI=1S/C13H17N.C10H12BO.C10H14.CH4.6W/c1-9-7-12-6-5-11(3)14(4)13(12)8-10(9)2;1-6-4-7(2)10-9(8(6)3)11-5-12-10;1-7-5-9(3)10(4)6-8(7)2;;;;;;;/h7-8H,3,5-6H2,1-2,4H3;4H,5H2,1-3H3;5-6H,1-4H3;1H4;;;;;;. The number of allylic oxidation sites excluding steroid dienone is 1. The van der Waals surface area contributed by atoms with Crippen LogP contribution >= 0.6 is 0 Å². The van der Waals surface area contributed by atoms with E-state index in [1.807, 2.05) is 0 Å². The van der Waals surface area contributed by atoms with Gasteiger partial charge in [0.1, 0.15) is 5.75 Å². The monoisotopic (exact) mass is 1600 g/mol. The number of hydrogen-bond acceptors (Lipinski definition) is 2. The average molecular weight is 1600 g/mol. The number of rotatable bonds is 0. The molecule has 1 radical (unpaired) electrons. The van der Waals surface area contributed by atoms with E-state index in [1.54, 1.807) is 0 Å². The minimum Gasteiger partial charge on any atom is -0.503 e. The van der Waals surface area contributed by atoms with Crippen molar-refractivity contribution >= 4 is 18.4 Å². The molecule has 2 aliphatic rings. The van der Waals surface area contributed by atoms with Gasteiger partial charge >= 0.3 is 0 Å². The maximum Gasteiger partial charge on any atom is 0.207 e. The van der Waals surface area contributed by atoms with Gasteiger partial charge in [-0.1, -0.05) is 43.8 Å². The van der Waals surface area contributed by atoms with Gasteiger partial charge < -0.3 is 9.64 Å². The quantitative estimate of drug-likeness (QED) is 0.212. The Kier molecular flexibility index (Phi) is 30.4. The average Bonchev–Trinajstić information content (AvgIpc) is 3.32. The van der Waals surface area contributed by atoms with Crippen molar-refractivity contribution in [2.24, 2.45) is 0 Å². The van der Waals surface area contributed by atoms with Crippen molar-refractivity contribution in [3.05, 3.63) is 98.2 Å². The summed E-state index contributed by atoms with van der Waals surface area (Å²) in [6.45, 7) is 24.2. The second-order valence-electron chi connectivity index (χ2n) is 10.6. The molecule has 0 N–H and O–H groups in total. The molecule has 0 aliphatic carbocycles. The molecule has 5 rings (SSSR count). The van der Waals surface area contributed by atoms with E-state index >= 15 is 0 Å². The van der Waals surface area contributed by atoms with Crippen LogP contribution in [-0.4, -0.2) is 20.8 Å². The van der Waals surface area contributed by atoms with Gasteiger partial charge in [-0.05, 0) is 137 Å². The number of fused-ring (bicyclic) bond motifs is 2. The molecule has 2 nitrogen and oxygen atoms in total. The van der Waals surface area contributed by atoms with Crippen LogP contribution in [0.25, 0.3) is 0 Å².